The van der Waals surface area contributed by atoms with Gasteiger partial charge in [-0.05, 0) is 31.5 Å². The zero-order valence-electron chi connectivity index (χ0n) is 9.72. The summed E-state index contributed by atoms with van der Waals surface area (Å²) in [5.74, 6) is 1.35. The summed E-state index contributed by atoms with van der Waals surface area (Å²) in [7, 11) is 0. The third-order valence-corrected chi connectivity index (χ3v) is 2.84. The fourth-order valence-corrected chi connectivity index (χ4v) is 1.70. The minimum absolute atomic E-state index is 0.453. The first kappa shape index (κ1) is 11.0. The number of hydrogen-bond donors (Lipinski definition) is 1. The van der Waals surface area contributed by atoms with Gasteiger partial charge in [0.1, 0.15) is 0 Å². The fraction of sp³-hybridized carbons (Fsp3) is 0.545. The average molecular weight is 219 g/mol. The number of hydrogen-bond acceptors (Lipinski definition) is 4. The van der Waals surface area contributed by atoms with E-state index < -0.39 is 0 Å². The van der Waals surface area contributed by atoms with Crippen LogP contribution in [0, 0.1) is 12.8 Å². The molecule has 2 rings (SSSR count). The first-order valence-corrected chi connectivity index (χ1v) is 5.62. The lowest BCUT2D eigenvalue weighted by Crippen LogP contribution is -2.17. The van der Waals surface area contributed by atoms with Gasteiger partial charge in [-0.15, -0.1) is 10.2 Å². The normalized spacial score (nSPS) is 13.2. The van der Waals surface area contributed by atoms with Crippen LogP contribution < -0.4 is 5.73 Å². The van der Waals surface area contributed by atoms with E-state index in [4.69, 9.17) is 5.73 Å². The van der Waals surface area contributed by atoms with Crippen molar-refractivity contribution in [1.29, 1.82) is 0 Å². The molecule has 0 aliphatic carbocycles. The first-order valence-electron chi connectivity index (χ1n) is 5.62. The summed E-state index contributed by atoms with van der Waals surface area (Å²) < 4.78 is 1.81. The van der Waals surface area contributed by atoms with Crippen molar-refractivity contribution < 1.29 is 0 Å². The summed E-state index contributed by atoms with van der Waals surface area (Å²) in [6, 6.07) is 3.87. The van der Waals surface area contributed by atoms with Gasteiger partial charge in [-0.3, -0.25) is 0 Å². The Morgan fingerprint density at radius 1 is 1.38 bits per heavy atom. The van der Waals surface area contributed by atoms with Crippen LogP contribution in [0.15, 0.2) is 12.1 Å². The van der Waals surface area contributed by atoms with Crippen molar-refractivity contribution in [1.82, 2.24) is 19.8 Å². The van der Waals surface area contributed by atoms with Gasteiger partial charge in [0.15, 0.2) is 11.5 Å². The molecule has 2 heterocycles. The second kappa shape index (κ2) is 4.57. The molecule has 0 radical (unpaired) electrons. The van der Waals surface area contributed by atoms with Gasteiger partial charge in [0.2, 0.25) is 0 Å². The van der Waals surface area contributed by atoms with Crippen LogP contribution in [0.1, 0.15) is 24.9 Å². The first-order chi connectivity index (χ1) is 7.74. The van der Waals surface area contributed by atoms with Crippen molar-refractivity contribution in [2.24, 2.45) is 11.7 Å². The zero-order valence-corrected chi connectivity index (χ0v) is 9.72. The summed E-state index contributed by atoms with van der Waals surface area (Å²) in [4.78, 5) is 0. The monoisotopic (exact) mass is 219 g/mol. The summed E-state index contributed by atoms with van der Waals surface area (Å²) in [5.41, 5.74) is 7.46. The Kier molecular flexibility index (Phi) is 3.14. The maximum absolute atomic E-state index is 5.70. The van der Waals surface area contributed by atoms with Gasteiger partial charge < -0.3 is 5.73 Å². The minimum Gasteiger partial charge on any atom is -0.330 e. The summed E-state index contributed by atoms with van der Waals surface area (Å²) in [5, 5.41) is 12.7. The Balaban J connectivity index is 2.33. The lowest BCUT2D eigenvalue weighted by atomic mass is 10.0. The molecule has 0 fully saturated rings. The zero-order chi connectivity index (χ0) is 11.5. The molecule has 2 aromatic rings. The fourth-order valence-electron chi connectivity index (χ4n) is 1.70. The Hall–Kier alpha value is -1.49. The number of fused-ring (bicyclic) bond motifs is 1. The van der Waals surface area contributed by atoms with E-state index in [2.05, 4.69) is 22.2 Å². The SMILES string of the molecule is CCC(CN)Cc1nnc2ccc(C)nn12. The molecule has 5 heteroatoms. The van der Waals surface area contributed by atoms with E-state index >= 15 is 0 Å². The molecule has 0 aliphatic rings. The van der Waals surface area contributed by atoms with Crippen LogP contribution in [0.2, 0.25) is 0 Å². The minimum atomic E-state index is 0.453. The molecule has 2 N–H and O–H groups in total. The molecule has 0 spiro atoms. The van der Waals surface area contributed by atoms with Crippen molar-refractivity contribution >= 4 is 5.65 Å². The second-order valence-corrected chi connectivity index (χ2v) is 4.08. The molecular weight excluding hydrogens is 202 g/mol. The standard InChI is InChI=1S/C11H17N5/c1-3-9(7-12)6-11-14-13-10-5-4-8(2)15-16(10)11/h4-5,9H,3,6-7,12H2,1-2H3. The Morgan fingerprint density at radius 3 is 2.88 bits per heavy atom. The molecular formula is C11H17N5. The van der Waals surface area contributed by atoms with Gasteiger partial charge in [-0.1, -0.05) is 13.3 Å². The Morgan fingerprint density at radius 2 is 2.19 bits per heavy atom. The van der Waals surface area contributed by atoms with E-state index in [0.29, 0.717) is 12.5 Å². The van der Waals surface area contributed by atoms with Crippen molar-refractivity contribution in [3.8, 4) is 0 Å². The van der Waals surface area contributed by atoms with Crippen LogP contribution in [0.25, 0.3) is 5.65 Å². The van der Waals surface area contributed by atoms with Crippen LogP contribution in [0.5, 0.6) is 0 Å². The largest absolute Gasteiger partial charge is 0.330 e. The Labute approximate surface area is 94.7 Å². The predicted octanol–water partition coefficient (Wildman–Crippen LogP) is 0.960. The third kappa shape index (κ3) is 2.04. The summed E-state index contributed by atoms with van der Waals surface area (Å²) >= 11 is 0. The van der Waals surface area contributed by atoms with E-state index in [-0.39, 0.29) is 0 Å². The van der Waals surface area contributed by atoms with Gasteiger partial charge in [0.25, 0.3) is 0 Å². The molecule has 0 amide bonds. The molecule has 2 aromatic heterocycles. The molecule has 86 valence electrons. The third-order valence-electron chi connectivity index (χ3n) is 2.84. The summed E-state index contributed by atoms with van der Waals surface area (Å²) in [6.45, 7) is 4.78. The predicted molar refractivity (Wildman–Crippen MR) is 62.1 cm³/mol. The molecule has 1 unspecified atom stereocenters. The van der Waals surface area contributed by atoms with Crippen LogP contribution >= 0.6 is 0 Å². The lowest BCUT2D eigenvalue weighted by molar-refractivity contribution is 0.499. The number of nitrogens with two attached hydrogens (primary N) is 1. The molecule has 1 atom stereocenters. The maximum Gasteiger partial charge on any atom is 0.177 e. The quantitative estimate of drug-likeness (QED) is 0.831. The highest BCUT2D eigenvalue weighted by Crippen LogP contribution is 2.10. The van der Waals surface area contributed by atoms with Crippen molar-refractivity contribution in [3.05, 3.63) is 23.7 Å². The van der Waals surface area contributed by atoms with Crippen LogP contribution in [0.3, 0.4) is 0 Å². The number of rotatable bonds is 4. The number of nitrogens with zero attached hydrogens (tertiary/aromatic N) is 4. The molecule has 0 saturated carbocycles. The average Bonchev–Trinajstić information content (AvgIpc) is 2.68. The molecule has 0 saturated heterocycles. The van der Waals surface area contributed by atoms with Crippen LogP contribution in [-0.2, 0) is 6.42 Å². The van der Waals surface area contributed by atoms with Gasteiger partial charge in [0.05, 0.1) is 5.69 Å². The highest BCUT2D eigenvalue weighted by molar-refractivity contribution is 5.36. The topological polar surface area (TPSA) is 69.1 Å². The number of aromatic nitrogens is 4. The van der Waals surface area contributed by atoms with Crippen molar-refractivity contribution in [3.63, 3.8) is 0 Å². The van der Waals surface area contributed by atoms with Gasteiger partial charge in [-0.25, -0.2) is 0 Å². The van der Waals surface area contributed by atoms with Crippen LogP contribution in [-0.4, -0.2) is 26.4 Å². The second-order valence-electron chi connectivity index (χ2n) is 4.08. The van der Waals surface area contributed by atoms with E-state index in [1.54, 1.807) is 0 Å². The van der Waals surface area contributed by atoms with Crippen LogP contribution in [0.4, 0.5) is 0 Å². The summed E-state index contributed by atoms with van der Waals surface area (Å²) in [6.07, 6.45) is 1.89. The molecule has 0 aromatic carbocycles. The van der Waals surface area contributed by atoms with Gasteiger partial charge in [0, 0.05) is 6.42 Å². The highest BCUT2D eigenvalue weighted by Gasteiger charge is 2.12. The van der Waals surface area contributed by atoms with Crippen molar-refractivity contribution in [2.45, 2.75) is 26.7 Å². The van der Waals surface area contributed by atoms with E-state index in [9.17, 15) is 0 Å². The molecule has 0 bridgehead atoms. The van der Waals surface area contributed by atoms with E-state index in [0.717, 1.165) is 30.0 Å². The Bertz CT molecular complexity index is 472. The van der Waals surface area contributed by atoms with Gasteiger partial charge >= 0.3 is 0 Å². The highest BCUT2D eigenvalue weighted by atomic mass is 15.4. The molecule has 0 aliphatic heterocycles. The maximum atomic E-state index is 5.70. The van der Waals surface area contributed by atoms with E-state index in [1.165, 1.54) is 0 Å². The van der Waals surface area contributed by atoms with E-state index in [1.807, 2.05) is 23.6 Å². The lowest BCUT2D eigenvalue weighted by Gasteiger charge is -2.09. The van der Waals surface area contributed by atoms with Crippen molar-refractivity contribution in [2.75, 3.05) is 6.54 Å². The molecule has 5 nitrogen and oxygen atoms in total. The molecule has 16 heavy (non-hydrogen) atoms. The number of aryl methyl sites for hydroxylation is 1. The van der Waals surface area contributed by atoms with Gasteiger partial charge in [-0.2, -0.15) is 9.61 Å². The smallest absolute Gasteiger partial charge is 0.177 e.